The SMILES string of the molecule is CC1=NN(C)c2ncnc3c2n1c[n+]3C(C)(C)C.CC1=NN(C)c2ncnc3c2n1c[n+]3C(C)(C)C.C[n+]1cnc2c(ncn2C(C)(C)C)c1N. The zero-order valence-electron chi connectivity index (χ0n) is 32.2. The first-order chi connectivity index (χ1) is 23.7. The van der Waals surface area contributed by atoms with Crippen LogP contribution in [0.5, 0.6) is 0 Å². The molecule has 0 fully saturated rings. The third-order valence-corrected chi connectivity index (χ3v) is 8.75. The molecule has 6 aromatic rings. The molecule has 6 aromatic heterocycles. The van der Waals surface area contributed by atoms with Gasteiger partial charge < -0.3 is 5.73 Å². The molecule has 8 heterocycles. The first-order valence-corrected chi connectivity index (χ1v) is 16.8. The van der Waals surface area contributed by atoms with E-state index in [0.29, 0.717) is 5.82 Å². The van der Waals surface area contributed by atoms with Crippen LogP contribution in [0.25, 0.3) is 33.5 Å². The zero-order chi connectivity index (χ0) is 37.4. The van der Waals surface area contributed by atoms with Crippen molar-refractivity contribution in [3.8, 4) is 0 Å². The number of nitrogen functional groups attached to an aromatic ring is 1. The Kier molecular flexibility index (Phi) is 8.30. The Hall–Kier alpha value is -5.61. The first kappa shape index (κ1) is 35.2. The van der Waals surface area contributed by atoms with Gasteiger partial charge in [-0.1, -0.05) is 15.0 Å². The molecular weight excluding hydrogens is 646 g/mol. The van der Waals surface area contributed by atoms with E-state index in [2.05, 4.69) is 133 Å². The van der Waals surface area contributed by atoms with Gasteiger partial charge in [0.1, 0.15) is 0 Å². The zero-order valence-corrected chi connectivity index (χ0v) is 32.2. The standard InChI is InChI=1S/2C12H17N6.C10H15N5/c2*1-8-15-16(5)10-9-11(14-6-13-10)18(7-17(8)9)12(2,3)4;1-10(2,3)15-6-12-7-8(11)14(4)5-13-9(7)15/h2*6-7H,1-5H3;5-6,11H,1-4H3/q2*+1;/p+1. The molecule has 268 valence electrons. The molecule has 17 heteroatoms. The fraction of sp³-hybridized carbons (Fsp3) is 0.500. The van der Waals surface area contributed by atoms with Crippen LogP contribution < -0.4 is 29.5 Å². The van der Waals surface area contributed by atoms with Gasteiger partial charge in [-0.25, -0.2) is 37.8 Å². The second kappa shape index (κ2) is 12.0. The molecule has 0 saturated heterocycles. The summed E-state index contributed by atoms with van der Waals surface area (Å²) in [5.41, 5.74) is 11.3. The number of anilines is 3. The van der Waals surface area contributed by atoms with E-state index in [4.69, 9.17) is 5.73 Å². The summed E-state index contributed by atoms with van der Waals surface area (Å²) in [6.45, 7) is 23.3. The van der Waals surface area contributed by atoms with E-state index in [9.17, 15) is 0 Å². The van der Waals surface area contributed by atoms with Crippen molar-refractivity contribution in [3.05, 3.63) is 38.0 Å². The number of rotatable bonds is 0. The van der Waals surface area contributed by atoms with Crippen LogP contribution in [-0.2, 0) is 23.7 Å². The smallest absolute Gasteiger partial charge is 0.308 e. The number of aryl methyl sites for hydroxylation is 1. The second-order valence-corrected chi connectivity index (χ2v) is 15.8. The number of hydrazone groups is 2. The highest BCUT2D eigenvalue weighted by molar-refractivity contribution is 5.98. The van der Waals surface area contributed by atoms with Crippen molar-refractivity contribution in [2.45, 2.75) is 92.8 Å². The van der Waals surface area contributed by atoms with Crippen molar-refractivity contribution >= 4 is 62.6 Å². The van der Waals surface area contributed by atoms with Crippen LogP contribution in [0.1, 0.15) is 76.2 Å². The molecule has 2 aliphatic rings. The van der Waals surface area contributed by atoms with Crippen molar-refractivity contribution < 1.29 is 13.7 Å². The van der Waals surface area contributed by atoms with Gasteiger partial charge >= 0.3 is 11.3 Å². The van der Waals surface area contributed by atoms with Crippen molar-refractivity contribution in [2.75, 3.05) is 29.8 Å². The monoisotopic (exact) mass is 696 g/mol. The van der Waals surface area contributed by atoms with E-state index in [-0.39, 0.29) is 16.6 Å². The Morgan fingerprint density at radius 3 is 1.51 bits per heavy atom. The first-order valence-electron chi connectivity index (χ1n) is 16.8. The quantitative estimate of drug-likeness (QED) is 0.236. The maximum atomic E-state index is 5.92. The summed E-state index contributed by atoms with van der Waals surface area (Å²) in [6.07, 6.45) is 10.8. The number of imidazole rings is 3. The predicted octanol–water partition coefficient (Wildman–Crippen LogP) is 2.80. The van der Waals surface area contributed by atoms with Crippen LogP contribution in [0, 0.1) is 0 Å². The normalized spacial score (nSPS) is 14.3. The van der Waals surface area contributed by atoms with E-state index >= 15 is 0 Å². The molecule has 8 rings (SSSR count). The summed E-state index contributed by atoms with van der Waals surface area (Å²) in [5.74, 6) is 4.17. The lowest BCUT2D eigenvalue weighted by molar-refractivity contribution is -0.732. The molecule has 17 nitrogen and oxygen atoms in total. The Labute approximate surface area is 297 Å². The van der Waals surface area contributed by atoms with Crippen LogP contribution >= 0.6 is 0 Å². The van der Waals surface area contributed by atoms with E-state index in [1.807, 2.05) is 39.6 Å². The largest absolute Gasteiger partial charge is 0.317 e. The summed E-state index contributed by atoms with van der Waals surface area (Å²) in [5, 5.41) is 12.5. The Morgan fingerprint density at radius 1 is 0.647 bits per heavy atom. The Balaban J connectivity index is 0.000000133. The number of nitrogens with zero attached hydrogens (tertiary/aromatic N) is 16. The number of aromatic nitrogens is 12. The lowest BCUT2D eigenvalue weighted by Gasteiger charge is -2.19. The van der Waals surface area contributed by atoms with Gasteiger partial charge in [0.25, 0.3) is 5.82 Å². The fourth-order valence-electron chi connectivity index (χ4n) is 6.04. The van der Waals surface area contributed by atoms with E-state index in [1.165, 1.54) is 0 Å². The lowest BCUT2D eigenvalue weighted by atomic mass is 10.1. The summed E-state index contributed by atoms with van der Waals surface area (Å²) in [7, 11) is 5.67. The summed E-state index contributed by atoms with van der Waals surface area (Å²) in [6, 6.07) is 0. The minimum absolute atomic E-state index is 0.0294. The summed E-state index contributed by atoms with van der Waals surface area (Å²) in [4.78, 5) is 26.2. The number of hydrogen-bond acceptors (Lipinski definition) is 11. The van der Waals surface area contributed by atoms with Gasteiger partial charge in [-0.2, -0.15) is 9.97 Å². The molecule has 0 saturated carbocycles. The minimum Gasteiger partial charge on any atom is -0.317 e. The molecule has 51 heavy (non-hydrogen) atoms. The molecule has 2 N–H and O–H groups in total. The average Bonchev–Trinajstić information content (AvgIpc) is 3.76. The van der Waals surface area contributed by atoms with Gasteiger partial charge in [0.05, 0.1) is 24.5 Å². The Morgan fingerprint density at radius 2 is 1.10 bits per heavy atom. The summed E-state index contributed by atoms with van der Waals surface area (Å²) < 4.78 is 12.2. The van der Waals surface area contributed by atoms with Gasteiger partial charge in [0, 0.05) is 33.5 Å². The van der Waals surface area contributed by atoms with Crippen LogP contribution in [0.4, 0.5) is 17.5 Å². The predicted molar refractivity (Wildman–Crippen MR) is 197 cm³/mol. The maximum Gasteiger partial charge on any atom is 0.308 e. The molecule has 0 atom stereocenters. The minimum atomic E-state index is -0.0336. The van der Waals surface area contributed by atoms with Gasteiger partial charge in [-0.05, 0) is 62.3 Å². The topological polar surface area (TPSA) is 161 Å². The molecule has 0 aliphatic carbocycles. The molecule has 0 amide bonds. The van der Waals surface area contributed by atoms with Crippen LogP contribution in [-0.4, -0.2) is 69.4 Å². The molecular formula is C34H50N17+3. The van der Waals surface area contributed by atoms with Crippen molar-refractivity contribution in [1.29, 1.82) is 0 Å². The van der Waals surface area contributed by atoms with Gasteiger partial charge in [0.15, 0.2) is 54.1 Å². The number of hydrogen-bond donors (Lipinski definition) is 1. The molecule has 0 spiro atoms. The maximum absolute atomic E-state index is 5.92. The third-order valence-electron chi connectivity index (χ3n) is 8.75. The highest BCUT2D eigenvalue weighted by atomic mass is 15.5. The van der Waals surface area contributed by atoms with Crippen LogP contribution in [0.2, 0.25) is 0 Å². The highest BCUT2D eigenvalue weighted by Crippen LogP contribution is 2.27. The number of nitrogens with two attached hydrogens (primary N) is 1. The second-order valence-electron chi connectivity index (χ2n) is 15.8. The molecule has 0 aromatic carbocycles. The average molecular weight is 697 g/mol. The van der Waals surface area contributed by atoms with E-state index < -0.39 is 0 Å². The molecule has 2 aliphatic heterocycles. The Bertz CT molecular complexity index is 2230. The van der Waals surface area contributed by atoms with Crippen molar-refractivity contribution in [2.24, 2.45) is 17.3 Å². The van der Waals surface area contributed by atoms with Gasteiger partial charge in [-0.15, -0.1) is 10.2 Å². The van der Waals surface area contributed by atoms with Gasteiger partial charge in [-0.3, -0.25) is 4.57 Å². The van der Waals surface area contributed by atoms with Crippen LogP contribution in [0.3, 0.4) is 0 Å². The van der Waals surface area contributed by atoms with E-state index in [0.717, 1.165) is 56.8 Å². The number of fused-ring (bicyclic) bond motifs is 1. The summed E-state index contributed by atoms with van der Waals surface area (Å²) >= 11 is 0. The van der Waals surface area contributed by atoms with Crippen molar-refractivity contribution in [3.63, 3.8) is 0 Å². The third kappa shape index (κ3) is 6.10. The highest BCUT2D eigenvalue weighted by Gasteiger charge is 2.34. The van der Waals surface area contributed by atoms with Gasteiger partial charge in [0.2, 0.25) is 23.0 Å². The van der Waals surface area contributed by atoms with E-state index in [1.54, 1.807) is 39.9 Å². The fourth-order valence-corrected chi connectivity index (χ4v) is 6.04. The van der Waals surface area contributed by atoms with Crippen LogP contribution in [0.15, 0.2) is 48.2 Å². The lowest BCUT2D eigenvalue weighted by Crippen LogP contribution is -2.49. The molecule has 0 bridgehead atoms. The molecule has 0 radical (unpaired) electrons. The van der Waals surface area contributed by atoms with Crippen molar-refractivity contribution in [1.82, 2.24) is 43.6 Å². The molecule has 0 unspecified atom stereocenters.